The van der Waals surface area contributed by atoms with Gasteiger partial charge in [-0.3, -0.25) is 9.59 Å². The Labute approximate surface area is 220 Å². The van der Waals surface area contributed by atoms with Crippen molar-refractivity contribution in [2.24, 2.45) is 5.92 Å². The van der Waals surface area contributed by atoms with Crippen LogP contribution < -0.4 is 10.9 Å². The first-order chi connectivity index (χ1) is 18.5. The molecule has 2 aliphatic carbocycles. The van der Waals surface area contributed by atoms with Gasteiger partial charge >= 0.3 is 0 Å². The number of nitrogens with one attached hydrogen (secondary N) is 2. The van der Waals surface area contributed by atoms with Gasteiger partial charge in [0, 0.05) is 24.0 Å². The molecule has 192 valence electrons. The van der Waals surface area contributed by atoms with Crippen molar-refractivity contribution >= 4 is 5.91 Å². The molecular formula is C31H29FN4O2. The summed E-state index contributed by atoms with van der Waals surface area (Å²) in [5.41, 5.74) is 7.15. The Morgan fingerprint density at radius 1 is 1.11 bits per heavy atom. The van der Waals surface area contributed by atoms with Crippen LogP contribution in [0.5, 0.6) is 0 Å². The van der Waals surface area contributed by atoms with Crippen LogP contribution in [0.3, 0.4) is 0 Å². The van der Waals surface area contributed by atoms with Gasteiger partial charge < -0.3 is 10.3 Å². The molecule has 2 aromatic heterocycles. The van der Waals surface area contributed by atoms with Crippen LogP contribution in [0.15, 0.2) is 94.9 Å². The number of allylic oxidation sites excluding steroid dienone is 2. The third-order valence-electron chi connectivity index (χ3n) is 7.97. The van der Waals surface area contributed by atoms with E-state index < -0.39 is 0 Å². The molecule has 1 unspecified atom stereocenters. The molecule has 6 rings (SSSR count). The summed E-state index contributed by atoms with van der Waals surface area (Å²) in [7, 11) is 0. The van der Waals surface area contributed by atoms with Crippen molar-refractivity contribution in [1.82, 2.24) is 20.1 Å². The van der Waals surface area contributed by atoms with Crippen LogP contribution in [0, 0.1) is 11.7 Å². The maximum absolute atomic E-state index is 13.5. The van der Waals surface area contributed by atoms with Gasteiger partial charge in [0.25, 0.3) is 5.91 Å². The van der Waals surface area contributed by atoms with Crippen LogP contribution in [0.25, 0.3) is 5.69 Å². The molecule has 0 radical (unpaired) electrons. The first-order valence-corrected chi connectivity index (χ1v) is 13.1. The molecular weight excluding hydrogens is 479 g/mol. The predicted molar refractivity (Wildman–Crippen MR) is 144 cm³/mol. The highest BCUT2D eigenvalue weighted by Gasteiger charge is 2.37. The minimum atomic E-state index is -0.299. The lowest BCUT2D eigenvalue weighted by Gasteiger charge is -2.30. The summed E-state index contributed by atoms with van der Waals surface area (Å²) in [5.74, 6) is -0.00976. The van der Waals surface area contributed by atoms with Crippen molar-refractivity contribution < 1.29 is 9.18 Å². The first kappa shape index (κ1) is 24.1. The highest BCUT2D eigenvalue weighted by atomic mass is 19.1. The molecule has 0 saturated carbocycles. The summed E-state index contributed by atoms with van der Waals surface area (Å²) in [5, 5.41) is 7.86. The van der Waals surface area contributed by atoms with E-state index in [1.807, 2.05) is 41.2 Å². The molecule has 0 saturated heterocycles. The summed E-state index contributed by atoms with van der Waals surface area (Å²) >= 11 is 0. The van der Waals surface area contributed by atoms with Crippen molar-refractivity contribution in [2.75, 3.05) is 0 Å². The zero-order valence-electron chi connectivity index (χ0n) is 21.2. The predicted octanol–water partition coefficient (Wildman–Crippen LogP) is 5.63. The zero-order valence-corrected chi connectivity index (χ0v) is 21.2. The SMILES string of the molecule is C[C@@H]1C2=C(CC[C@@H]2CC(NC(=O)c2cccc(=O)[nH]2)c2ccccc2)Cc2c1cnn2-c1ccc(F)cc1. The van der Waals surface area contributed by atoms with Crippen molar-refractivity contribution in [3.05, 3.63) is 129 Å². The van der Waals surface area contributed by atoms with Gasteiger partial charge in [-0.15, -0.1) is 0 Å². The molecule has 2 aliphatic rings. The van der Waals surface area contributed by atoms with Gasteiger partial charge in [0.15, 0.2) is 0 Å². The lowest BCUT2D eigenvalue weighted by atomic mass is 9.77. The Balaban J connectivity index is 1.27. The molecule has 2 N–H and O–H groups in total. The second-order valence-electron chi connectivity index (χ2n) is 10.2. The largest absolute Gasteiger partial charge is 0.344 e. The van der Waals surface area contributed by atoms with E-state index in [4.69, 9.17) is 0 Å². The molecule has 2 heterocycles. The summed E-state index contributed by atoms with van der Waals surface area (Å²) in [6, 6.07) is 20.9. The first-order valence-electron chi connectivity index (χ1n) is 13.1. The van der Waals surface area contributed by atoms with Crippen LogP contribution in [0.4, 0.5) is 4.39 Å². The smallest absolute Gasteiger partial charge is 0.268 e. The number of carbonyl (C=O) groups is 1. The standard InChI is InChI=1S/C31H29FN4O2/c1-19-25-18-33-36(24-14-12-23(32)13-15-24)28(25)17-22-11-10-21(30(19)22)16-27(20-6-3-2-4-7-20)35-31(38)26-8-5-9-29(37)34-26/h2-9,12-15,18-19,21,27H,10-11,16-17H2,1H3,(H,34,37)(H,35,38)/t19-,21+,27?/m0/s1. The van der Waals surface area contributed by atoms with Crippen molar-refractivity contribution in [2.45, 2.75) is 44.6 Å². The molecule has 6 nitrogen and oxygen atoms in total. The fourth-order valence-corrected chi connectivity index (χ4v) is 6.20. The number of halogens is 1. The molecule has 38 heavy (non-hydrogen) atoms. The number of hydrogen-bond donors (Lipinski definition) is 2. The van der Waals surface area contributed by atoms with E-state index in [0.29, 0.717) is 5.92 Å². The molecule has 2 aromatic carbocycles. The van der Waals surface area contributed by atoms with Crippen molar-refractivity contribution in [1.29, 1.82) is 0 Å². The number of aromatic nitrogens is 3. The number of rotatable bonds is 6. The van der Waals surface area contributed by atoms with E-state index in [1.165, 1.54) is 40.6 Å². The zero-order chi connectivity index (χ0) is 26.2. The van der Waals surface area contributed by atoms with Crippen LogP contribution in [-0.4, -0.2) is 20.7 Å². The van der Waals surface area contributed by atoms with Gasteiger partial charge in [-0.05, 0) is 61.1 Å². The lowest BCUT2D eigenvalue weighted by Crippen LogP contribution is -2.32. The van der Waals surface area contributed by atoms with Gasteiger partial charge in [-0.2, -0.15) is 5.10 Å². The molecule has 7 heteroatoms. The van der Waals surface area contributed by atoms with Gasteiger partial charge in [0.2, 0.25) is 5.56 Å². The average molecular weight is 509 g/mol. The van der Waals surface area contributed by atoms with Crippen LogP contribution in [0.1, 0.15) is 65.5 Å². The minimum Gasteiger partial charge on any atom is -0.344 e. The van der Waals surface area contributed by atoms with E-state index in [1.54, 1.807) is 24.3 Å². The normalized spacial score (nSPS) is 19.1. The molecule has 0 aliphatic heterocycles. The number of amides is 1. The Kier molecular flexibility index (Phi) is 6.27. The number of hydrogen-bond acceptors (Lipinski definition) is 3. The summed E-state index contributed by atoms with van der Waals surface area (Å²) in [4.78, 5) is 27.5. The van der Waals surface area contributed by atoms with E-state index in [2.05, 4.69) is 22.3 Å². The number of carbonyl (C=O) groups excluding carboxylic acids is 1. The fourth-order valence-electron chi connectivity index (χ4n) is 6.20. The quantitative estimate of drug-likeness (QED) is 0.332. The van der Waals surface area contributed by atoms with Gasteiger partial charge in [0.1, 0.15) is 11.5 Å². The van der Waals surface area contributed by atoms with E-state index in [9.17, 15) is 14.0 Å². The van der Waals surface area contributed by atoms with Crippen LogP contribution in [0.2, 0.25) is 0 Å². The van der Waals surface area contributed by atoms with E-state index >= 15 is 0 Å². The fraction of sp³-hybridized carbons (Fsp3) is 0.258. The van der Waals surface area contributed by atoms with Crippen molar-refractivity contribution in [3.8, 4) is 5.69 Å². The summed E-state index contributed by atoms with van der Waals surface area (Å²) < 4.78 is 15.4. The third-order valence-corrected chi connectivity index (χ3v) is 7.97. The van der Waals surface area contributed by atoms with Gasteiger partial charge in [0.05, 0.1) is 23.6 Å². The Bertz CT molecular complexity index is 1570. The molecule has 4 aromatic rings. The number of aromatic amines is 1. The van der Waals surface area contributed by atoms with Gasteiger partial charge in [-0.1, -0.05) is 54.5 Å². The topological polar surface area (TPSA) is 79.8 Å². The number of pyridine rings is 1. The number of nitrogens with zero attached hydrogens (tertiary/aromatic N) is 2. The summed E-state index contributed by atoms with van der Waals surface area (Å²) in [6.45, 7) is 2.24. The van der Waals surface area contributed by atoms with Crippen LogP contribution >= 0.6 is 0 Å². The Morgan fingerprint density at radius 2 is 1.89 bits per heavy atom. The maximum Gasteiger partial charge on any atom is 0.268 e. The number of fused-ring (bicyclic) bond motifs is 1. The highest BCUT2D eigenvalue weighted by molar-refractivity contribution is 5.92. The molecule has 1 amide bonds. The Morgan fingerprint density at radius 3 is 2.66 bits per heavy atom. The third kappa shape index (κ3) is 4.49. The monoisotopic (exact) mass is 508 g/mol. The number of benzene rings is 2. The van der Waals surface area contributed by atoms with E-state index in [-0.39, 0.29) is 34.9 Å². The van der Waals surface area contributed by atoms with Crippen molar-refractivity contribution in [3.63, 3.8) is 0 Å². The molecule has 0 spiro atoms. The van der Waals surface area contributed by atoms with E-state index in [0.717, 1.165) is 36.9 Å². The number of H-pyrrole nitrogens is 1. The van der Waals surface area contributed by atoms with Gasteiger partial charge in [-0.25, -0.2) is 9.07 Å². The maximum atomic E-state index is 13.5. The van der Waals surface area contributed by atoms with Crippen LogP contribution in [-0.2, 0) is 6.42 Å². The molecule has 0 bridgehead atoms. The minimum absolute atomic E-state index is 0.195. The molecule has 0 fully saturated rings. The Hall–Kier alpha value is -4.26. The second kappa shape index (κ2) is 9.89. The molecule has 3 atom stereocenters. The highest BCUT2D eigenvalue weighted by Crippen LogP contribution is 2.49. The second-order valence-corrected chi connectivity index (χ2v) is 10.2. The lowest BCUT2D eigenvalue weighted by molar-refractivity contribution is 0.0926. The average Bonchev–Trinajstić information content (AvgIpc) is 3.54. The summed E-state index contributed by atoms with van der Waals surface area (Å²) in [6.07, 6.45) is 5.60.